The molecule has 0 saturated carbocycles. The van der Waals surface area contributed by atoms with Crippen molar-refractivity contribution in [3.05, 3.63) is 16.1 Å². The summed E-state index contributed by atoms with van der Waals surface area (Å²) in [6, 6.07) is 1.15. The van der Waals surface area contributed by atoms with Gasteiger partial charge in [-0.2, -0.15) is 11.8 Å². The average Bonchev–Trinajstić information content (AvgIpc) is 2.66. The van der Waals surface area contributed by atoms with Crippen LogP contribution in [0.15, 0.2) is 5.51 Å². The standard InChI is InChI=1S/C11H18N2S2/c1-8-11(15-7-12-8)9(2)13-10-4-3-5-14-6-10/h7,9-10,13H,3-6H2,1-2H3. The van der Waals surface area contributed by atoms with E-state index in [0.717, 1.165) is 0 Å². The van der Waals surface area contributed by atoms with E-state index >= 15 is 0 Å². The Morgan fingerprint density at radius 2 is 2.47 bits per heavy atom. The number of hydrogen-bond acceptors (Lipinski definition) is 4. The van der Waals surface area contributed by atoms with Crippen LogP contribution in [0.4, 0.5) is 0 Å². The lowest BCUT2D eigenvalue weighted by atomic mass is 10.1. The molecule has 2 atom stereocenters. The van der Waals surface area contributed by atoms with E-state index in [-0.39, 0.29) is 0 Å². The van der Waals surface area contributed by atoms with Crippen LogP contribution in [0, 0.1) is 6.92 Å². The molecule has 15 heavy (non-hydrogen) atoms. The molecular formula is C11H18N2S2. The molecule has 1 fully saturated rings. The molecule has 0 aromatic carbocycles. The second kappa shape index (κ2) is 5.32. The van der Waals surface area contributed by atoms with Crippen molar-refractivity contribution in [3.8, 4) is 0 Å². The highest BCUT2D eigenvalue weighted by molar-refractivity contribution is 7.99. The Balaban J connectivity index is 1.91. The summed E-state index contributed by atoms with van der Waals surface area (Å²) >= 11 is 3.84. The number of hydrogen-bond donors (Lipinski definition) is 1. The predicted octanol–water partition coefficient (Wildman–Crippen LogP) is 3.00. The molecule has 0 bridgehead atoms. The van der Waals surface area contributed by atoms with Gasteiger partial charge in [-0.3, -0.25) is 0 Å². The summed E-state index contributed by atoms with van der Waals surface area (Å²) in [6.45, 7) is 4.35. The van der Waals surface area contributed by atoms with Crippen LogP contribution in [0.5, 0.6) is 0 Å². The minimum Gasteiger partial charge on any atom is -0.306 e. The summed E-state index contributed by atoms with van der Waals surface area (Å²) in [6.07, 6.45) is 2.69. The highest BCUT2D eigenvalue weighted by atomic mass is 32.2. The third-order valence-corrected chi connectivity index (χ3v) is 5.15. The summed E-state index contributed by atoms with van der Waals surface area (Å²) in [7, 11) is 0. The van der Waals surface area contributed by atoms with E-state index in [1.807, 2.05) is 5.51 Å². The SMILES string of the molecule is Cc1ncsc1C(C)NC1CCCSC1. The lowest BCUT2D eigenvalue weighted by Gasteiger charge is -2.26. The monoisotopic (exact) mass is 242 g/mol. The van der Waals surface area contributed by atoms with E-state index < -0.39 is 0 Å². The Labute approximate surface area is 99.9 Å². The van der Waals surface area contributed by atoms with Gasteiger partial charge in [0.15, 0.2) is 0 Å². The van der Waals surface area contributed by atoms with E-state index in [2.05, 4.69) is 35.9 Å². The number of thiazole rings is 1. The van der Waals surface area contributed by atoms with Crippen molar-refractivity contribution in [1.82, 2.24) is 10.3 Å². The lowest BCUT2D eigenvalue weighted by Crippen LogP contribution is -2.35. The molecule has 1 aromatic rings. The van der Waals surface area contributed by atoms with Crippen LogP contribution in [0.1, 0.15) is 36.4 Å². The van der Waals surface area contributed by atoms with Gasteiger partial charge in [-0.25, -0.2) is 4.98 Å². The molecule has 1 aliphatic heterocycles. The van der Waals surface area contributed by atoms with Gasteiger partial charge >= 0.3 is 0 Å². The molecule has 0 aliphatic carbocycles. The first kappa shape index (κ1) is 11.4. The highest BCUT2D eigenvalue weighted by Crippen LogP contribution is 2.24. The molecule has 2 rings (SSSR count). The first-order chi connectivity index (χ1) is 7.27. The molecule has 0 radical (unpaired) electrons. The van der Waals surface area contributed by atoms with Gasteiger partial charge in [-0.15, -0.1) is 11.3 Å². The van der Waals surface area contributed by atoms with E-state index in [1.165, 1.54) is 34.9 Å². The largest absolute Gasteiger partial charge is 0.306 e. The number of thioether (sulfide) groups is 1. The first-order valence-corrected chi connectivity index (χ1v) is 7.54. The van der Waals surface area contributed by atoms with Crippen molar-refractivity contribution in [2.75, 3.05) is 11.5 Å². The van der Waals surface area contributed by atoms with Crippen LogP contribution < -0.4 is 5.32 Å². The summed E-state index contributed by atoms with van der Waals surface area (Å²) in [4.78, 5) is 5.70. The summed E-state index contributed by atoms with van der Waals surface area (Å²) in [5.41, 5.74) is 3.13. The third kappa shape index (κ3) is 2.95. The maximum atomic E-state index is 4.30. The van der Waals surface area contributed by atoms with Gasteiger partial charge in [0.2, 0.25) is 0 Å². The topological polar surface area (TPSA) is 24.9 Å². The van der Waals surface area contributed by atoms with Crippen LogP contribution in [-0.4, -0.2) is 22.5 Å². The second-order valence-electron chi connectivity index (χ2n) is 4.10. The van der Waals surface area contributed by atoms with E-state index in [1.54, 1.807) is 11.3 Å². The fraction of sp³-hybridized carbons (Fsp3) is 0.727. The second-order valence-corrected chi connectivity index (χ2v) is 6.14. The molecule has 0 spiro atoms. The number of rotatable bonds is 3. The van der Waals surface area contributed by atoms with Gasteiger partial charge in [0, 0.05) is 22.7 Å². The number of aromatic nitrogens is 1. The van der Waals surface area contributed by atoms with Crippen LogP contribution in [0.3, 0.4) is 0 Å². The molecule has 1 saturated heterocycles. The quantitative estimate of drug-likeness (QED) is 0.882. The van der Waals surface area contributed by atoms with Gasteiger partial charge in [0.1, 0.15) is 0 Å². The summed E-state index contributed by atoms with van der Waals surface area (Å²) in [5.74, 6) is 2.61. The van der Waals surface area contributed by atoms with Crippen molar-refractivity contribution in [2.24, 2.45) is 0 Å². The zero-order chi connectivity index (χ0) is 10.7. The molecule has 1 N–H and O–H groups in total. The normalized spacial score (nSPS) is 24.0. The number of nitrogens with zero attached hydrogens (tertiary/aromatic N) is 1. The van der Waals surface area contributed by atoms with E-state index in [9.17, 15) is 0 Å². The zero-order valence-corrected chi connectivity index (χ0v) is 11.0. The summed E-state index contributed by atoms with van der Waals surface area (Å²) < 4.78 is 0. The Bertz CT molecular complexity index is 305. The molecule has 2 heterocycles. The van der Waals surface area contributed by atoms with Gasteiger partial charge in [-0.1, -0.05) is 0 Å². The van der Waals surface area contributed by atoms with Crippen molar-refractivity contribution in [3.63, 3.8) is 0 Å². The van der Waals surface area contributed by atoms with Crippen LogP contribution >= 0.6 is 23.1 Å². The third-order valence-electron chi connectivity index (χ3n) is 2.82. The Hall–Kier alpha value is -0.0600. The molecule has 1 aromatic heterocycles. The number of nitrogens with one attached hydrogen (secondary N) is 1. The van der Waals surface area contributed by atoms with Gasteiger partial charge in [-0.05, 0) is 32.4 Å². The average molecular weight is 242 g/mol. The molecule has 2 unspecified atom stereocenters. The fourth-order valence-corrected chi connectivity index (χ4v) is 3.93. The summed E-state index contributed by atoms with van der Waals surface area (Å²) in [5, 5.41) is 3.71. The maximum absolute atomic E-state index is 4.30. The Morgan fingerprint density at radius 1 is 1.60 bits per heavy atom. The molecule has 4 heteroatoms. The Kier molecular flexibility index (Phi) is 4.05. The van der Waals surface area contributed by atoms with Crippen LogP contribution in [-0.2, 0) is 0 Å². The smallest absolute Gasteiger partial charge is 0.0798 e. The lowest BCUT2D eigenvalue weighted by molar-refractivity contribution is 0.455. The van der Waals surface area contributed by atoms with Gasteiger partial charge in [0.25, 0.3) is 0 Å². The van der Waals surface area contributed by atoms with Gasteiger partial charge < -0.3 is 5.32 Å². The molecule has 1 aliphatic rings. The minimum absolute atomic E-state index is 0.459. The van der Waals surface area contributed by atoms with Gasteiger partial charge in [0.05, 0.1) is 11.2 Å². The Morgan fingerprint density at radius 3 is 3.07 bits per heavy atom. The molecule has 84 valence electrons. The zero-order valence-electron chi connectivity index (χ0n) is 9.32. The first-order valence-electron chi connectivity index (χ1n) is 5.51. The van der Waals surface area contributed by atoms with Crippen LogP contribution in [0.2, 0.25) is 0 Å². The van der Waals surface area contributed by atoms with E-state index in [0.29, 0.717) is 12.1 Å². The van der Waals surface area contributed by atoms with E-state index in [4.69, 9.17) is 0 Å². The minimum atomic E-state index is 0.459. The number of aryl methyl sites for hydroxylation is 1. The maximum Gasteiger partial charge on any atom is 0.0798 e. The predicted molar refractivity (Wildman–Crippen MR) is 68.7 cm³/mol. The molecule has 2 nitrogen and oxygen atoms in total. The van der Waals surface area contributed by atoms with Crippen molar-refractivity contribution < 1.29 is 0 Å². The van der Waals surface area contributed by atoms with Crippen molar-refractivity contribution in [1.29, 1.82) is 0 Å². The highest BCUT2D eigenvalue weighted by Gasteiger charge is 2.18. The van der Waals surface area contributed by atoms with Crippen LogP contribution in [0.25, 0.3) is 0 Å². The van der Waals surface area contributed by atoms with Crippen molar-refractivity contribution >= 4 is 23.1 Å². The van der Waals surface area contributed by atoms with Crippen molar-refractivity contribution in [2.45, 2.75) is 38.8 Å². The molecule has 0 amide bonds. The fourth-order valence-electron chi connectivity index (χ4n) is 2.03. The molecular weight excluding hydrogens is 224 g/mol.